The lowest BCUT2D eigenvalue weighted by Gasteiger charge is -2.25. The fourth-order valence-corrected chi connectivity index (χ4v) is 5.02. The van der Waals surface area contributed by atoms with Gasteiger partial charge >= 0.3 is 5.97 Å². The molecule has 0 saturated carbocycles. The van der Waals surface area contributed by atoms with Gasteiger partial charge in [-0.25, -0.2) is 13.3 Å². The SMILES string of the molecule is C=CCN(C1CC(=O)N(c2ccc(OC(C)=O)cc2)C1=O)S(=O)(=O)c1ccc(Br)cc1. The highest BCUT2D eigenvalue weighted by Crippen LogP contribution is 2.30. The van der Waals surface area contributed by atoms with E-state index in [4.69, 9.17) is 4.74 Å². The van der Waals surface area contributed by atoms with Gasteiger partial charge in [0, 0.05) is 17.9 Å². The molecule has 8 nitrogen and oxygen atoms in total. The molecule has 0 spiro atoms. The van der Waals surface area contributed by atoms with Gasteiger partial charge in [0.15, 0.2) is 0 Å². The standard InChI is InChI=1S/C21H19BrN2O6S/c1-3-12-23(31(28,29)18-10-4-15(22)5-11-18)19-13-20(26)24(21(19)27)16-6-8-17(9-7-16)30-14(2)25/h3-11,19H,1,12-13H2,2H3. The fourth-order valence-electron chi connectivity index (χ4n) is 3.20. The van der Waals surface area contributed by atoms with Crippen molar-refractivity contribution in [3.8, 4) is 5.75 Å². The molecule has 3 rings (SSSR count). The first-order chi connectivity index (χ1) is 14.6. The number of esters is 1. The molecular formula is C21H19BrN2O6S. The molecule has 10 heteroatoms. The lowest BCUT2D eigenvalue weighted by atomic mass is 10.2. The molecule has 2 aromatic rings. The number of hydrogen-bond acceptors (Lipinski definition) is 6. The van der Waals surface area contributed by atoms with Crippen LogP contribution in [0.25, 0.3) is 0 Å². The van der Waals surface area contributed by atoms with Crippen molar-refractivity contribution in [2.24, 2.45) is 0 Å². The van der Waals surface area contributed by atoms with Crippen molar-refractivity contribution in [1.29, 1.82) is 0 Å². The van der Waals surface area contributed by atoms with E-state index in [2.05, 4.69) is 22.5 Å². The van der Waals surface area contributed by atoms with Crippen molar-refractivity contribution in [3.05, 3.63) is 65.7 Å². The smallest absolute Gasteiger partial charge is 0.308 e. The van der Waals surface area contributed by atoms with Crippen LogP contribution in [0.4, 0.5) is 5.69 Å². The average Bonchev–Trinajstić information content (AvgIpc) is 3.00. The second-order valence-electron chi connectivity index (χ2n) is 6.69. The maximum atomic E-state index is 13.2. The Morgan fingerprint density at radius 3 is 2.35 bits per heavy atom. The minimum Gasteiger partial charge on any atom is -0.427 e. The lowest BCUT2D eigenvalue weighted by molar-refractivity contribution is -0.132. The van der Waals surface area contributed by atoms with Gasteiger partial charge in [-0.15, -0.1) is 6.58 Å². The number of amides is 2. The van der Waals surface area contributed by atoms with Gasteiger partial charge in [-0.1, -0.05) is 22.0 Å². The molecule has 1 atom stereocenters. The number of carbonyl (C=O) groups excluding carboxylic acids is 3. The summed E-state index contributed by atoms with van der Waals surface area (Å²) in [7, 11) is -4.06. The van der Waals surface area contributed by atoms with Gasteiger partial charge in [0.2, 0.25) is 15.9 Å². The van der Waals surface area contributed by atoms with Gasteiger partial charge < -0.3 is 4.74 Å². The molecule has 1 aliphatic rings. The van der Waals surface area contributed by atoms with E-state index < -0.39 is 33.8 Å². The molecule has 2 amide bonds. The predicted molar refractivity (Wildman–Crippen MR) is 117 cm³/mol. The molecule has 1 aliphatic heterocycles. The van der Waals surface area contributed by atoms with E-state index in [0.717, 1.165) is 9.21 Å². The summed E-state index contributed by atoms with van der Waals surface area (Å²) in [5.74, 6) is -1.43. The molecule has 162 valence electrons. The summed E-state index contributed by atoms with van der Waals surface area (Å²) in [5, 5.41) is 0. The third kappa shape index (κ3) is 4.76. The Labute approximate surface area is 188 Å². The van der Waals surface area contributed by atoms with E-state index >= 15 is 0 Å². The number of halogens is 1. The van der Waals surface area contributed by atoms with Crippen LogP contribution in [0.1, 0.15) is 13.3 Å². The number of ether oxygens (including phenoxy) is 1. The average molecular weight is 507 g/mol. The summed E-state index contributed by atoms with van der Waals surface area (Å²) in [6, 6.07) is 10.6. The van der Waals surface area contributed by atoms with Gasteiger partial charge in [-0.05, 0) is 48.5 Å². The number of hydrogen-bond donors (Lipinski definition) is 0. The number of sulfonamides is 1. The van der Waals surface area contributed by atoms with Gasteiger partial charge in [-0.3, -0.25) is 14.4 Å². The Morgan fingerprint density at radius 2 is 1.81 bits per heavy atom. The Morgan fingerprint density at radius 1 is 1.19 bits per heavy atom. The van der Waals surface area contributed by atoms with E-state index in [1.807, 2.05) is 0 Å². The summed E-state index contributed by atoms with van der Waals surface area (Å²) in [4.78, 5) is 37.7. The van der Waals surface area contributed by atoms with Gasteiger partial charge in [0.05, 0.1) is 17.0 Å². The first-order valence-corrected chi connectivity index (χ1v) is 11.4. The Balaban J connectivity index is 1.91. The van der Waals surface area contributed by atoms with Crippen LogP contribution >= 0.6 is 15.9 Å². The quantitative estimate of drug-likeness (QED) is 0.247. The number of anilines is 1. The van der Waals surface area contributed by atoms with Crippen molar-refractivity contribution in [3.63, 3.8) is 0 Å². The molecule has 1 fully saturated rings. The molecule has 0 bridgehead atoms. The predicted octanol–water partition coefficient (Wildman–Crippen LogP) is 2.88. The summed E-state index contributed by atoms with van der Waals surface area (Å²) in [6.07, 6.45) is 1.07. The van der Waals surface area contributed by atoms with Gasteiger partial charge in [-0.2, -0.15) is 4.31 Å². The third-order valence-corrected chi connectivity index (χ3v) is 6.97. The van der Waals surface area contributed by atoms with Crippen LogP contribution < -0.4 is 9.64 Å². The highest BCUT2D eigenvalue weighted by atomic mass is 79.9. The van der Waals surface area contributed by atoms with Crippen LogP contribution in [0.5, 0.6) is 5.75 Å². The minimum absolute atomic E-state index is 0.00184. The van der Waals surface area contributed by atoms with Crippen molar-refractivity contribution in [2.75, 3.05) is 11.4 Å². The number of nitrogens with zero attached hydrogens (tertiary/aromatic N) is 2. The van der Waals surface area contributed by atoms with Crippen LogP contribution in [0.15, 0.2) is 70.6 Å². The largest absolute Gasteiger partial charge is 0.427 e. The third-order valence-electron chi connectivity index (χ3n) is 4.56. The number of benzene rings is 2. The molecule has 1 saturated heterocycles. The molecule has 1 heterocycles. The highest BCUT2D eigenvalue weighted by molar-refractivity contribution is 9.10. The second-order valence-corrected chi connectivity index (χ2v) is 9.50. The normalized spacial score (nSPS) is 16.6. The molecule has 1 unspecified atom stereocenters. The van der Waals surface area contributed by atoms with E-state index in [9.17, 15) is 22.8 Å². The Hall–Kier alpha value is -2.82. The van der Waals surface area contributed by atoms with Crippen molar-refractivity contribution in [2.45, 2.75) is 24.3 Å². The molecule has 0 aromatic heterocycles. The van der Waals surface area contributed by atoms with E-state index in [0.29, 0.717) is 4.47 Å². The highest BCUT2D eigenvalue weighted by Gasteiger charge is 2.46. The maximum absolute atomic E-state index is 13.2. The number of carbonyl (C=O) groups is 3. The van der Waals surface area contributed by atoms with Crippen molar-refractivity contribution in [1.82, 2.24) is 4.31 Å². The minimum atomic E-state index is -4.06. The molecule has 0 aliphatic carbocycles. The van der Waals surface area contributed by atoms with Gasteiger partial charge in [0.25, 0.3) is 5.91 Å². The number of rotatable bonds is 7. The van der Waals surface area contributed by atoms with Crippen molar-refractivity contribution >= 4 is 49.4 Å². The van der Waals surface area contributed by atoms with Crippen LogP contribution in [-0.2, 0) is 24.4 Å². The Bertz CT molecular complexity index is 1130. The van der Waals surface area contributed by atoms with E-state index in [-0.39, 0.29) is 29.3 Å². The first kappa shape index (κ1) is 22.9. The summed E-state index contributed by atoms with van der Waals surface area (Å²) in [6.45, 7) is 4.70. The topological polar surface area (TPSA) is 101 Å². The zero-order valence-electron chi connectivity index (χ0n) is 16.5. The van der Waals surface area contributed by atoms with E-state index in [1.54, 1.807) is 12.1 Å². The monoisotopic (exact) mass is 506 g/mol. The molecule has 0 N–H and O–H groups in total. The van der Waals surface area contributed by atoms with Crippen LogP contribution in [0, 0.1) is 0 Å². The zero-order valence-corrected chi connectivity index (χ0v) is 18.9. The molecule has 2 aromatic carbocycles. The zero-order chi connectivity index (χ0) is 22.8. The number of imide groups is 1. The maximum Gasteiger partial charge on any atom is 0.308 e. The van der Waals surface area contributed by atoms with Crippen LogP contribution in [0.2, 0.25) is 0 Å². The fraction of sp³-hybridized carbons (Fsp3) is 0.190. The summed E-state index contributed by atoms with van der Waals surface area (Å²) in [5.41, 5.74) is 0.257. The van der Waals surface area contributed by atoms with E-state index in [1.165, 1.54) is 49.4 Å². The first-order valence-electron chi connectivity index (χ1n) is 9.18. The second kappa shape index (κ2) is 9.13. The van der Waals surface area contributed by atoms with Crippen LogP contribution in [-0.4, -0.2) is 43.1 Å². The molecule has 31 heavy (non-hydrogen) atoms. The van der Waals surface area contributed by atoms with Gasteiger partial charge in [0.1, 0.15) is 11.8 Å². The molecule has 0 radical (unpaired) electrons. The summed E-state index contributed by atoms with van der Waals surface area (Å²) < 4.78 is 33.0. The molecular weight excluding hydrogens is 488 g/mol. The summed E-state index contributed by atoms with van der Waals surface area (Å²) >= 11 is 3.26. The van der Waals surface area contributed by atoms with Crippen molar-refractivity contribution < 1.29 is 27.5 Å². The van der Waals surface area contributed by atoms with Crippen LogP contribution in [0.3, 0.4) is 0 Å². The lowest BCUT2D eigenvalue weighted by Crippen LogP contribution is -2.45. The Kier molecular flexibility index (Phi) is 6.73.